The van der Waals surface area contributed by atoms with Crippen LogP contribution in [0.15, 0.2) is 18.6 Å². The van der Waals surface area contributed by atoms with Crippen LogP contribution in [0.25, 0.3) is 0 Å². The fourth-order valence-corrected chi connectivity index (χ4v) is 2.49. The molecule has 0 bridgehead atoms. The zero-order valence-electron chi connectivity index (χ0n) is 12.6. The first kappa shape index (κ1) is 14.9. The van der Waals surface area contributed by atoms with Gasteiger partial charge in [0.25, 0.3) is 0 Å². The molecule has 2 N–H and O–H groups in total. The Morgan fingerprint density at radius 2 is 1.80 bits per heavy atom. The predicted octanol–water partition coefficient (Wildman–Crippen LogP) is 2.17. The molecule has 1 atom stereocenters. The SMILES string of the molecule is BNC(C)c1cnc(Nc2cnc(C(C)(C)C)nc2)s1. The molecule has 0 fully saturated rings. The first-order valence-corrected chi connectivity index (χ1v) is 7.44. The lowest BCUT2D eigenvalue weighted by atomic mass is 9.96. The van der Waals surface area contributed by atoms with Gasteiger partial charge >= 0.3 is 0 Å². The summed E-state index contributed by atoms with van der Waals surface area (Å²) >= 11 is 1.63. The van der Waals surface area contributed by atoms with Crippen LogP contribution < -0.4 is 10.5 Å². The molecule has 0 aliphatic carbocycles. The zero-order chi connectivity index (χ0) is 14.8. The number of aromatic nitrogens is 3. The third kappa shape index (κ3) is 3.55. The summed E-state index contributed by atoms with van der Waals surface area (Å²) in [5.41, 5.74) is 0.825. The monoisotopic (exact) mass is 289 g/mol. The van der Waals surface area contributed by atoms with E-state index in [0.717, 1.165) is 16.6 Å². The van der Waals surface area contributed by atoms with Gasteiger partial charge in [-0.3, -0.25) is 0 Å². The van der Waals surface area contributed by atoms with Crippen molar-refractivity contribution in [1.29, 1.82) is 0 Å². The molecular weight excluding hydrogens is 269 g/mol. The van der Waals surface area contributed by atoms with E-state index >= 15 is 0 Å². The number of rotatable bonds is 4. The van der Waals surface area contributed by atoms with Gasteiger partial charge in [0.05, 0.1) is 18.1 Å². The zero-order valence-corrected chi connectivity index (χ0v) is 13.4. The number of thiazole rings is 1. The summed E-state index contributed by atoms with van der Waals surface area (Å²) in [5.74, 6) is 0.840. The molecule has 2 rings (SSSR count). The van der Waals surface area contributed by atoms with E-state index in [9.17, 15) is 0 Å². The number of nitrogens with one attached hydrogen (secondary N) is 2. The van der Waals surface area contributed by atoms with Gasteiger partial charge in [0.15, 0.2) is 13.1 Å². The molecule has 0 saturated carbocycles. The highest BCUT2D eigenvalue weighted by Gasteiger charge is 2.16. The van der Waals surface area contributed by atoms with Gasteiger partial charge in [0.1, 0.15) is 5.82 Å². The average molecular weight is 289 g/mol. The normalized spacial score (nSPS) is 13.2. The fourth-order valence-electron chi connectivity index (χ4n) is 1.59. The Bertz CT molecular complexity index is 561. The Hall–Kier alpha value is -1.47. The van der Waals surface area contributed by atoms with Gasteiger partial charge in [-0.25, -0.2) is 15.0 Å². The number of anilines is 2. The van der Waals surface area contributed by atoms with Crippen LogP contribution in [-0.2, 0) is 5.41 Å². The molecule has 0 aliphatic rings. The van der Waals surface area contributed by atoms with Crippen molar-refractivity contribution in [3.8, 4) is 0 Å². The van der Waals surface area contributed by atoms with Crippen LogP contribution in [0.4, 0.5) is 10.8 Å². The van der Waals surface area contributed by atoms with Crippen molar-refractivity contribution in [3.05, 3.63) is 29.3 Å². The molecule has 5 nitrogen and oxygen atoms in total. The van der Waals surface area contributed by atoms with Crippen LogP contribution >= 0.6 is 11.3 Å². The maximum absolute atomic E-state index is 4.40. The standard InChI is InChI=1S/C13H20BN5S/c1-8(19-14)10-7-17-12(20-10)18-9-5-15-11(16-6-9)13(2,3)4/h5-8,19H,14H2,1-4H3,(H,17,18). The Labute approximate surface area is 124 Å². The second kappa shape index (κ2) is 5.89. The van der Waals surface area contributed by atoms with E-state index < -0.39 is 0 Å². The lowest BCUT2D eigenvalue weighted by Gasteiger charge is -2.16. The van der Waals surface area contributed by atoms with Crippen molar-refractivity contribution in [1.82, 2.24) is 20.2 Å². The lowest BCUT2D eigenvalue weighted by Crippen LogP contribution is -2.15. The Morgan fingerprint density at radius 3 is 2.35 bits per heavy atom. The Morgan fingerprint density at radius 1 is 1.15 bits per heavy atom. The van der Waals surface area contributed by atoms with E-state index in [2.05, 4.69) is 53.2 Å². The summed E-state index contributed by atoms with van der Waals surface area (Å²) in [5, 5.41) is 7.29. The topological polar surface area (TPSA) is 62.7 Å². The Balaban J connectivity index is 2.08. The van der Waals surface area contributed by atoms with Gasteiger partial charge in [0.2, 0.25) is 0 Å². The van der Waals surface area contributed by atoms with Crippen molar-refractivity contribution in [2.45, 2.75) is 39.2 Å². The minimum atomic E-state index is -0.0326. The molecule has 106 valence electrons. The van der Waals surface area contributed by atoms with E-state index in [1.54, 1.807) is 23.7 Å². The van der Waals surface area contributed by atoms with Crippen LogP contribution in [0.5, 0.6) is 0 Å². The maximum atomic E-state index is 4.40. The van der Waals surface area contributed by atoms with Gasteiger partial charge in [-0.05, 0) is 6.92 Å². The Kier molecular flexibility index (Phi) is 4.40. The molecule has 2 heterocycles. The van der Waals surface area contributed by atoms with Gasteiger partial charge in [-0.15, -0.1) is 11.3 Å². The molecule has 2 aromatic rings. The summed E-state index contributed by atoms with van der Waals surface area (Å²) in [6.45, 7) is 8.41. The summed E-state index contributed by atoms with van der Waals surface area (Å²) in [4.78, 5) is 14.4. The summed E-state index contributed by atoms with van der Waals surface area (Å²) in [7, 11) is 1.94. The molecule has 0 spiro atoms. The molecule has 2 aromatic heterocycles. The number of nitrogens with zero attached hydrogens (tertiary/aromatic N) is 3. The second-order valence-electron chi connectivity index (χ2n) is 5.75. The van der Waals surface area contributed by atoms with Crippen molar-refractivity contribution >= 4 is 30.1 Å². The average Bonchev–Trinajstić information content (AvgIpc) is 2.86. The van der Waals surface area contributed by atoms with Crippen LogP contribution in [-0.4, -0.2) is 22.9 Å². The van der Waals surface area contributed by atoms with Crippen molar-refractivity contribution in [2.75, 3.05) is 5.32 Å². The molecule has 0 aromatic carbocycles. The summed E-state index contributed by atoms with van der Waals surface area (Å²) in [6.07, 6.45) is 5.49. The van der Waals surface area contributed by atoms with Gasteiger partial charge in [0, 0.05) is 22.5 Å². The second-order valence-corrected chi connectivity index (χ2v) is 6.81. The first-order chi connectivity index (χ1) is 9.40. The lowest BCUT2D eigenvalue weighted by molar-refractivity contribution is 0.545. The van der Waals surface area contributed by atoms with Gasteiger partial charge in [-0.2, -0.15) is 0 Å². The first-order valence-electron chi connectivity index (χ1n) is 6.62. The molecule has 0 aliphatic heterocycles. The highest BCUT2D eigenvalue weighted by Crippen LogP contribution is 2.26. The van der Waals surface area contributed by atoms with Gasteiger partial charge < -0.3 is 10.5 Å². The van der Waals surface area contributed by atoms with Crippen molar-refractivity contribution in [2.24, 2.45) is 0 Å². The fraction of sp³-hybridized carbons (Fsp3) is 0.462. The molecule has 7 heteroatoms. The number of hydrogen-bond acceptors (Lipinski definition) is 6. The van der Waals surface area contributed by atoms with Crippen LogP contribution in [0.1, 0.15) is 44.4 Å². The van der Waals surface area contributed by atoms with Crippen LogP contribution in [0.3, 0.4) is 0 Å². The van der Waals surface area contributed by atoms with Gasteiger partial charge in [-0.1, -0.05) is 20.8 Å². The minimum absolute atomic E-state index is 0.0326. The van der Waals surface area contributed by atoms with Crippen molar-refractivity contribution < 1.29 is 0 Å². The third-order valence-electron chi connectivity index (χ3n) is 2.96. The van der Waals surface area contributed by atoms with E-state index in [-0.39, 0.29) is 5.41 Å². The minimum Gasteiger partial charge on any atom is -0.355 e. The van der Waals surface area contributed by atoms with E-state index in [1.807, 2.05) is 14.2 Å². The molecular formula is C13H20BN5S. The third-order valence-corrected chi connectivity index (χ3v) is 4.05. The summed E-state index contributed by atoms with van der Waals surface area (Å²) in [6, 6.07) is 0.308. The summed E-state index contributed by atoms with van der Waals surface area (Å²) < 4.78 is 0. The maximum Gasteiger partial charge on any atom is 0.187 e. The highest BCUT2D eigenvalue weighted by atomic mass is 32.1. The molecule has 0 saturated heterocycles. The highest BCUT2D eigenvalue weighted by molar-refractivity contribution is 7.15. The van der Waals surface area contributed by atoms with E-state index in [4.69, 9.17) is 0 Å². The number of hydrogen-bond donors (Lipinski definition) is 2. The smallest absolute Gasteiger partial charge is 0.187 e. The largest absolute Gasteiger partial charge is 0.355 e. The van der Waals surface area contributed by atoms with E-state index in [0.29, 0.717) is 6.04 Å². The van der Waals surface area contributed by atoms with Crippen LogP contribution in [0, 0.1) is 0 Å². The van der Waals surface area contributed by atoms with Crippen molar-refractivity contribution in [3.63, 3.8) is 0 Å². The molecule has 20 heavy (non-hydrogen) atoms. The molecule has 0 amide bonds. The quantitative estimate of drug-likeness (QED) is 0.845. The van der Waals surface area contributed by atoms with E-state index in [1.165, 1.54) is 4.88 Å². The predicted molar refractivity (Wildman–Crippen MR) is 86.2 cm³/mol. The molecule has 1 unspecified atom stereocenters. The molecule has 0 radical (unpaired) electrons. The van der Waals surface area contributed by atoms with Crippen LogP contribution in [0.2, 0.25) is 0 Å².